The fourth-order valence-corrected chi connectivity index (χ4v) is 5.47. The van der Waals surface area contributed by atoms with Crippen LogP contribution in [0, 0.1) is 12.8 Å². The van der Waals surface area contributed by atoms with E-state index in [1.807, 2.05) is 87.5 Å². The SMILES string of the molecule is Cc1cccc(CN(C(=O)CN(c2ccc(C(C)C)cc2)S(C)(=O)=O)C(Cc2ccccc2)C(=O)NCC(C)C)c1. The molecule has 0 aliphatic carbocycles. The van der Waals surface area contributed by atoms with Gasteiger partial charge in [0, 0.05) is 19.5 Å². The fourth-order valence-electron chi connectivity index (χ4n) is 4.62. The smallest absolute Gasteiger partial charge is 0.244 e. The predicted molar refractivity (Wildman–Crippen MR) is 166 cm³/mol. The van der Waals surface area contributed by atoms with Crippen LogP contribution in [0.2, 0.25) is 0 Å². The molecule has 3 aromatic rings. The first kappa shape index (κ1) is 31.9. The summed E-state index contributed by atoms with van der Waals surface area (Å²) in [6, 6.07) is 23.7. The first-order valence-corrected chi connectivity index (χ1v) is 15.9. The molecule has 7 nitrogen and oxygen atoms in total. The van der Waals surface area contributed by atoms with Crippen molar-refractivity contribution in [2.24, 2.45) is 5.92 Å². The van der Waals surface area contributed by atoms with Crippen molar-refractivity contribution in [2.45, 2.75) is 59.5 Å². The molecule has 1 unspecified atom stereocenters. The summed E-state index contributed by atoms with van der Waals surface area (Å²) in [5.74, 6) is -0.210. The quantitative estimate of drug-likeness (QED) is 0.299. The standard InChI is InChI=1S/C33H43N3O4S/c1-24(2)21-34-33(38)31(20-27-12-8-7-9-13-27)35(22-28-14-10-11-26(5)19-28)32(37)23-36(41(6,39)40)30-17-15-29(16-18-30)25(3)4/h7-19,24-25,31H,20-23H2,1-6H3,(H,34,38). The highest BCUT2D eigenvalue weighted by Gasteiger charge is 2.33. The van der Waals surface area contributed by atoms with Gasteiger partial charge in [-0.05, 0) is 47.6 Å². The second kappa shape index (κ2) is 14.3. The van der Waals surface area contributed by atoms with Gasteiger partial charge in [0.2, 0.25) is 21.8 Å². The third kappa shape index (κ3) is 9.46. The van der Waals surface area contributed by atoms with Gasteiger partial charge in [-0.1, -0.05) is 100.0 Å². The number of benzene rings is 3. The van der Waals surface area contributed by atoms with Crippen LogP contribution in [0.25, 0.3) is 0 Å². The molecular weight excluding hydrogens is 534 g/mol. The van der Waals surface area contributed by atoms with Crippen molar-refractivity contribution >= 4 is 27.5 Å². The number of hydrogen-bond acceptors (Lipinski definition) is 4. The van der Waals surface area contributed by atoms with Crippen molar-refractivity contribution in [3.63, 3.8) is 0 Å². The molecule has 0 radical (unpaired) electrons. The molecule has 220 valence electrons. The Bertz CT molecular complexity index is 1400. The molecule has 41 heavy (non-hydrogen) atoms. The molecular formula is C33H43N3O4S. The Morgan fingerprint density at radius 1 is 0.854 bits per heavy atom. The molecule has 3 aromatic carbocycles. The fraction of sp³-hybridized carbons (Fsp3) is 0.394. The first-order valence-electron chi connectivity index (χ1n) is 14.1. The second-order valence-electron chi connectivity index (χ2n) is 11.4. The minimum absolute atomic E-state index is 0.164. The average molecular weight is 578 g/mol. The van der Waals surface area contributed by atoms with Gasteiger partial charge in [-0.15, -0.1) is 0 Å². The summed E-state index contributed by atoms with van der Waals surface area (Å²) < 4.78 is 27.0. The molecule has 0 saturated carbocycles. The van der Waals surface area contributed by atoms with Gasteiger partial charge in [-0.2, -0.15) is 0 Å². The summed E-state index contributed by atoms with van der Waals surface area (Å²) in [7, 11) is -3.80. The summed E-state index contributed by atoms with van der Waals surface area (Å²) in [5.41, 5.74) is 4.27. The van der Waals surface area contributed by atoms with E-state index in [1.54, 1.807) is 12.1 Å². The van der Waals surface area contributed by atoms with E-state index in [2.05, 4.69) is 19.2 Å². The maximum absolute atomic E-state index is 14.2. The zero-order valence-corrected chi connectivity index (χ0v) is 25.8. The largest absolute Gasteiger partial charge is 0.354 e. The maximum Gasteiger partial charge on any atom is 0.244 e. The average Bonchev–Trinajstić information content (AvgIpc) is 2.92. The van der Waals surface area contributed by atoms with E-state index in [1.165, 1.54) is 4.90 Å². The number of carbonyl (C=O) groups excluding carboxylic acids is 2. The highest BCUT2D eigenvalue weighted by Crippen LogP contribution is 2.23. The van der Waals surface area contributed by atoms with Crippen LogP contribution in [0.4, 0.5) is 5.69 Å². The van der Waals surface area contributed by atoms with Gasteiger partial charge in [-0.25, -0.2) is 8.42 Å². The molecule has 8 heteroatoms. The Kier molecular flexibility index (Phi) is 11.1. The van der Waals surface area contributed by atoms with Crippen molar-refractivity contribution in [1.29, 1.82) is 0 Å². The van der Waals surface area contributed by atoms with Gasteiger partial charge >= 0.3 is 0 Å². The zero-order valence-electron chi connectivity index (χ0n) is 25.0. The summed E-state index contributed by atoms with van der Waals surface area (Å²) in [5, 5.41) is 3.00. The van der Waals surface area contributed by atoms with Crippen molar-refractivity contribution in [3.8, 4) is 0 Å². The third-order valence-corrected chi connectivity index (χ3v) is 8.06. The molecule has 1 atom stereocenters. The van der Waals surface area contributed by atoms with Gasteiger partial charge < -0.3 is 10.2 Å². The highest BCUT2D eigenvalue weighted by atomic mass is 32.2. The van der Waals surface area contributed by atoms with Crippen molar-refractivity contribution in [1.82, 2.24) is 10.2 Å². The van der Waals surface area contributed by atoms with Crippen molar-refractivity contribution < 1.29 is 18.0 Å². The van der Waals surface area contributed by atoms with Gasteiger partial charge in [0.05, 0.1) is 11.9 Å². The van der Waals surface area contributed by atoms with Gasteiger partial charge in [0.1, 0.15) is 12.6 Å². The zero-order chi connectivity index (χ0) is 30.2. The van der Waals surface area contributed by atoms with Crippen molar-refractivity contribution in [3.05, 3.63) is 101 Å². The van der Waals surface area contributed by atoms with Crippen LogP contribution in [-0.4, -0.2) is 50.5 Å². The van der Waals surface area contributed by atoms with Gasteiger partial charge in [0.25, 0.3) is 0 Å². The maximum atomic E-state index is 14.2. The molecule has 2 amide bonds. The summed E-state index contributed by atoms with van der Waals surface area (Å²) in [6.07, 6.45) is 1.39. The molecule has 0 aromatic heterocycles. The Morgan fingerprint density at radius 3 is 2.05 bits per heavy atom. The summed E-state index contributed by atoms with van der Waals surface area (Å²) >= 11 is 0. The lowest BCUT2D eigenvalue weighted by atomic mass is 10.0. The molecule has 0 bridgehead atoms. The number of anilines is 1. The van der Waals surface area contributed by atoms with Gasteiger partial charge in [-0.3, -0.25) is 13.9 Å². The van der Waals surface area contributed by atoms with Crippen LogP contribution in [-0.2, 0) is 32.6 Å². The lowest BCUT2D eigenvalue weighted by Crippen LogP contribution is -2.53. The number of carbonyl (C=O) groups is 2. The van der Waals surface area contributed by atoms with E-state index in [9.17, 15) is 18.0 Å². The van der Waals surface area contributed by atoms with E-state index >= 15 is 0 Å². The van der Waals surface area contributed by atoms with Gasteiger partial charge in [0.15, 0.2) is 0 Å². The second-order valence-corrected chi connectivity index (χ2v) is 13.3. The number of nitrogens with zero attached hydrogens (tertiary/aromatic N) is 2. The summed E-state index contributed by atoms with van der Waals surface area (Å²) in [4.78, 5) is 29.4. The monoisotopic (exact) mass is 577 g/mol. The van der Waals surface area contributed by atoms with E-state index in [-0.39, 0.29) is 24.3 Å². The number of hydrogen-bond donors (Lipinski definition) is 1. The molecule has 1 N–H and O–H groups in total. The van der Waals surface area contributed by atoms with E-state index < -0.39 is 28.5 Å². The molecule has 0 aliphatic rings. The lowest BCUT2D eigenvalue weighted by Gasteiger charge is -2.33. The number of sulfonamides is 1. The molecule has 0 spiro atoms. The predicted octanol–water partition coefficient (Wildman–Crippen LogP) is 5.30. The first-order chi connectivity index (χ1) is 19.3. The third-order valence-electron chi connectivity index (χ3n) is 6.92. The number of aryl methyl sites for hydroxylation is 1. The number of amides is 2. The molecule has 0 saturated heterocycles. The van der Waals surface area contributed by atoms with Crippen LogP contribution < -0.4 is 9.62 Å². The van der Waals surface area contributed by atoms with Crippen LogP contribution in [0.5, 0.6) is 0 Å². The van der Waals surface area contributed by atoms with E-state index in [0.29, 0.717) is 18.7 Å². The molecule has 3 rings (SSSR count). The van der Waals surface area contributed by atoms with Crippen LogP contribution in [0.15, 0.2) is 78.9 Å². The minimum atomic E-state index is -3.80. The molecule has 0 heterocycles. The normalized spacial score (nSPS) is 12.3. The Hall–Kier alpha value is -3.65. The minimum Gasteiger partial charge on any atom is -0.354 e. The Morgan fingerprint density at radius 2 is 1.49 bits per heavy atom. The number of nitrogens with one attached hydrogen (secondary N) is 1. The Balaban J connectivity index is 2.04. The summed E-state index contributed by atoms with van der Waals surface area (Å²) in [6.45, 7) is 10.3. The highest BCUT2D eigenvalue weighted by molar-refractivity contribution is 7.92. The number of rotatable bonds is 13. The van der Waals surface area contributed by atoms with E-state index in [0.717, 1.165) is 32.8 Å². The van der Waals surface area contributed by atoms with Crippen LogP contribution in [0.3, 0.4) is 0 Å². The molecule has 0 aliphatic heterocycles. The lowest BCUT2D eigenvalue weighted by molar-refractivity contribution is -0.140. The topological polar surface area (TPSA) is 86.8 Å². The van der Waals surface area contributed by atoms with Crippen molar-refractivity contribution in [2.75, 3.05) is 23.7 Å². The van der Waals surface area contributed by atoms with E-state index in [4.69, 9.17) is 0 Å². The molecule has 0 fully saturated rings. The van der Waals surface area contributed by atoms with Crippen LogP contribution in [0.1, 0.15) is 55.9 Å². The Labute approximate surface area is 245 Å². The van der Waals surface area contributed by atoms with Crippen LogP contribution >= 0.6 is 0 Å².